The molecule has 0 saturated heterocycles. The molecule has 6 nitrogen and oxygen atoms in total. The first-order valence-electron chi connectivity index (χ1n) is 8.32. The van der Waals surface area contributed by atoms with Gasteiger partial charge in [0.15, 0.2) is 7.14 Å². The molecule has 0 bridgehead atoms. The maximum Gasteiger partial charge on any atom is 0.319 e. The highest BCUT2D eigenvalue weighted by Gasteiger charge is 2.39. The molecule has 0 aliphatic carbocycles. The van der Waals surface area contributed by atoms with Crippen LogP contribution in [-0.2, 0) is 14.1 Å². The Morgan fingerprint density at radius 3 is 2.04 bits per heavy atom. The molecule has 2 rings (SSSR count). The molecule has 0 heterocycles. The summed E-state index contributed by atoms with van der Waals surface area (Å²) < 4.78 is 19.2. The Bertz CT molecular complexity index is 750. The van der Waals surface area contributed by atoms with Gasteiger partial charge in [-0.05, 0) is 13.8 Å². The molecule has 0 aliphatic rings. The normalized spacial score (nSPS) is 13.2. The number of carbonyl (C=O) groups excluding carboxylic acids is 1. The van der Waals surface area contributed by atoms with Gasteiger partial charge in [0.05, 0.1) is 18.9 Å². The van der Waals surface area contributed by atoms with E-state index in [0.29, 0.717) is 10.6 Å². The summed E-state index contributed by atoms with van der Waals surface area (Å²) in [7, 11) is -3.29. The summed E-state index contributed by atoms with van der Waals surface area (Å²) in [6, 6.07) is 18.0. The number of carbonyl (C=O) groups is 1. The average Bonchev–Trinajstić information content (AvgIpc) is 2.69. The van der Waals surface area contributed by atoms with E-state index in [-0.39, 0.29) is 18.9 Å². The van der Waals surface area contributed by atoms with Crippen molar-refractivity contribution >= 4 is 29.4 Å². The van der Waals surface area contributed by atoms with Gasteiger partial charge < -0.3 is 14.5 Å². The molecule has 0 fully saturated rings. The molecule has 1 atom stereocenters. The van der Waals surface area contributed by atoms with E-state index >= 15 is 0 Å². The van der Waals surface area contributed by atoms with E-state index in [4.69, 9.17) is 4.74 Å². The monoisotopic (exact) mass is 374 g/mol. The van der Waals surface area contributed by atoms with E-state index in [1.54, 1.807) is 62.4 Å². The summed E-state index contributed by atoms with van der Waals surface area (Å²) >= 11 is 0. The van der Waals surface area contributed by atoms with Crippen molar-refractivity contribution in [1.29, 1.82) is 0 Å². The van der Waals surface area contributed by atoms with Crippen LogP contribution in [0, 0.1) is 0 Å². The molecule has 2 N–H and O–H groups in total. The third kappa shape index (κ3) is 4.40. The number of ether oxygens (including phenoxy) is 1. The minimum Gasteiger partial charge on any atom is -0.465 e. The van der Waals surface area contributed by atoms with Gasteiger partial charge in [-0.3, -0.25) is 10.1 Å². The Balaban J connectivity index is 2.53. The van der Waals surface area contributed by atoms with Crippen LogP contribution in [0.4, 0.5) is 0 Å². The van der Waals surface area contributed by atoms with Gasteiger partial charge in [-0.1, -0.05) is 65.8 Å². The van der Waals surface area contributed by atoms with Crippen LogP contribution < -0.4 is 15.9 Å². The van der Waals surface area contributed by atoms with Crippen molar-refractivity contribution in [3.8, 4) is 0 Å². The minimum atomic E-state index is -3.29. The number of benzene rings is 2. The standard InChI is InChI=1S/C19H23N2O4P/c1-3-25-18(22)14-20-19(15(2)21-23)26(24,16-10-6-4-7-11-16)17-12-8-5-9-13-17/h4-13,19-20,23H,3,14H2,1-2H3/b21-15+. The van der Waals surface area contributed by atoms with Crippen LogP contribution in [0.5, 0.6) is 0 Å². The number of nitrogens with zero attached hydrogens (tertiary/aromatic N) is 1. The third-order valence-corrected chi connectivity index (χ3v) is 7.36. The van der Waals surface area contributed by atoms with Crippen LogP contribution in [0.2, 0.25) is 0 Å². The smallest absolute Gasteiger partial charge is 0.319 e. The zero-order valence-electron chi connectivity index (χ0n) is 14.8. The van der Waals surface area contributed by atoms with Crippen LogP contribution >= 0.6 is 7.14 Å². The summed E-state index contributed by atoms with van der Waals surface area (Å²) in [4.78, 5) is 11.8. The Labute approximate surface area is 153 Å². The summed E-state index contributed by atoms with van der Waals surface area (Å²) in [5, 5.41) is 16.8. The van der Waals surface area contributed by atoms with Crippen LogP contribution in [0.25, 0.3) is 0 Å². The molecule has 0 spiro atoms. The summed E-state index contributed by atoms with van der Waals surface area (Å²) in [6.07, 6.45) is 0. The van der Waals surface area contributed by atoms with E-state index in [2.05, 4.69) is 10.5 Å². The molecule has 0 aliphatic heterocycles. The highest BCUT2D eigenvalue weighted by Crippen LogP contribution is 2.48. The van der Waals surface area contributed by atoms with E-state index in [1.165, 1.54) is 0 Å². The fourth-order valence-corrected chi connectivity index (χ4v) is 5.78. The van der Waals surface area contributed by atoms with Gasteiger partial charge in [0.25, 0.3) is 0 Å². The largest absolute Gasteiger partial charge is 0.465 e. The molecule has 2 aromatic carbocycles. The molecule has 26 heavy (non-hydrogen) atoms. The SMILES string of the molecule is CCOC(=O)CNC(/C(C)=N/O)P(=O)(c1ccccc1)c1ccccc1. The number of nitrogens with one attached hydrogen (secondary N) is 1. The summed E-state index contributed by atoms with van der Waals surface area (Å²) in [6.45, 7) is 3.40. The maximum atomic E-state index is 14.3. The predicted octanol–water partition coefficient (Wildman–Crippen LogP) is 2.33. The lowest BCUT2D eigenvalue weighted by atomic mass is 10.4. The Morgan fingerprint density at radius 2 is 1.62 bits per heavy atom. The first kappa shape index (κ1) is 19.9. The van der Waals surface area contributed by atoms with Gasteiger partial charge in [0, 0.05) is 10.6 Å². The molecule has 0 radical (unpaired) electrons. The molecular weight excluding hydrogens is 351 g/mol. The van der Waals surface area contributed by atoms with Crippen LogP contribution in [0.15, 0.2) is 65.8 Å². The van der Waals surface area contributed by atoms with Gasteiger partial charge in [-0.2, -0.15) is 0 Å². The quantitative estimate of drug-likeness (QED) is 0.243. The van der Waals surface area contributed by atoms with Crippen LogP contribution in [0.1, 0.15) is 13.8 Å². The predicted molar refractivity (Wildman–Crippen MR) is 103 cm³/mol. The number of oxime groups is 1. The van der Waals surface area contributed by atoms with Gasteiger partial charge in [0.1, 0.15) is 5.78 Å². The Kier molecular flexibility index (Phi) is 7.13. The fourth-order valence-electron chi connectivity index (χ4n) is 2.73. The van der Waals surface area contributed by atoms with Crippen molar-refractivity contribution < 1.29 is 19.3 Å². The van der Waals surface area contributed by atoms with Crippen molar-refractivity contribution in [1.82, 2.24) is 5.32 Å². The van der Waals surface area contributed by atoms with Crippen LogP contribution in [-0.4, -0.2) is 35.8 Å². The molecule has 1 unspecified atom stereocenters. The zero-order chi connectivity index (χ0) is 19.0. The van der Waals surface area contributed by atoms with E-state index in [1.807, 2.05) is 12.1 Å². The zero-order valence-corrected chi connectivity index (χ0v) is 15.7. The lowest BCUT2D eigenvalue weighted by molar-refractivity contribution is -0.141. The topological polar surface area (TPSA) is 88.0 Å². The van der Waals surface area contributed by atoms with Gasteiger partial charge in [-0.25, -0.2) is 0 Å². The second-order valence-electron chi connectivity index (χ2n) is 5.66. The van der Waals surface area contributed by atoms with Crippen molar-refractivity contribution in [2.24, 2.45) is 5.16 Å². The lowest BCUT2D eigenvalue weighted by Crippen LogP contribution is -2.44. The summed E-state index contributed by atoms with van der Waals surface area (Å²) in [5.41, 5.74) is 0.227. The van der Waals surface area contributed by atoms with E-state index in [9.17, 15) is 14.6 Å². The molecule has 0 aromatic heterocycles. The third-order valence-electron chi connectivity index (χ3n) is 3.94. The number of rotatable bonds is 8. The first-order valence-corrected chi connectivity index (χ1v) is 10.1. The van der Waals surface area contributed by atoms with Gasteiger partial charge >= 0.3 is 5.97 Å². The van der Waals surface area contributed by atoms with Crippen molar-refractivity contribution in [3.63, 3.8) is 0 Å². The number of esters is 1. The average molecular weight is 374 g/mol. The van der Waals surface area contributed by atoms with Crippen molar-refractivity contribution in [2.75, 3.05) is 13.2 Å². The molecule has 0 amide bonds. The fraction of sp³-hybridized carbons (Fsp3) is 0.263. The lowest BCUT2D eigenvalue weighted by Gasteiger charge is -2.28. The highest BCUT2D eigenvalue weighted by molar-refractivity contribution is 7.80. The Hall–Kier alpha value is -2.43. The van der Waals surface area contributed by atoms with Crippen molar-refractivity contribution in [2.45, 2.75) is 19.6 Å². The maximum absolute atomic E-state index is 14.3. The van der Waals surface area contributed by atoms with E-state index in [0.717, 1.165) is 0 Å². The molecular formula is C19H23N2O4P. The number of hydrogen-bond donors (Lipinski definition) is 2. The Morgan fingerprint density at radius 1 is 1.12 bits per heavy atom. The highest BCUT2D eigenvalue weighted by atomic mass is 31.2. The molecule has 138 valence electrons. The number of hydrogen-bond acceptors (Lipinski definition) is 6. The van der Waals surface area contributed by atoms with E-state index < -0.39 is 18.9 Å². The second kappa shape index (κ2) is 9.32. The molecule has 0 saturated carbocycles. The van der Waals surface area contributed by atoms with Gasteiger partial charge in [-0.15, -0.1) is 0 Å². The second-order valence-corrected chi connectivity index (χ2v) is 8.52. The van der Waals surface area contributed by atoms with Crippen LogP contribution in [0.3, 0.4) is 0 Å². The molecule has 7 heteroatoms. The molecule has 2 aromatic rings. The van der Waals surface area contributed by atoms with Crippen molar-refractivity contribution in [3.05, 3.63) is 60.7 Å². The summed E-state index contributed by atoms with van der Waals surface area (Å²) in [5.74, 6) is -1.31. The first-order chi connectivity index (χ1) is 12.5. The van der Waals surface area contributed by atoms with Gasteiger partial charge in [0.2, 0.25) is 0 Å². The minimum absolute atomic E-state index is 0.144.